The number of fused-ring (bicyclic) bond motifs is 1. The van der Waals surface area contributed by atoms with Gasteiger partial charge >= 0.3 is 5.97 Å². The van der Waals surface area contributed by atoms with Crippen LogP contribution in [-0.4, -0.2) is 39.0 Å². The molecule has 0 saturated carbocycles. The van der Waals surface area contributed by atoms with Gasteiger partial charge in [0.15, 0.2) is 17.1 Å². The average Bonchev–Trinajstić information content (AvgIpc) is 3.45. The SMILES string of the molecule is C=CCn1c(SCC(=O)Nc2sc3c(c2C(=O)OCC)CCC(C)C3)nnc1C(C)Oc1ccc(Cl)cc1Cl. The van der Waals surface area contributed by atoms with E-state index in [-0.39, 0.29) is 18.3 Å². The number of ether oxygens (including phenoxy) is 2. The summed E-state index contributed by atoms with van der Waals surface area (Å²) in [6.07, 6.45) is 3.95. The van der Waals surface area contributed by atoms with Crippen molar-refractivity contribution in [3.8, 4) is 5.75 Å². The van der Waals surface area contributed by atoms with Gasteiger partial charge in [0.2, 0.25) is 5.91 Å². The Hall–Kier alpha value is -2.53. The number of esters is 1. The highest BCUT2D eigenvalue weighted by atomic mass is 35.5. The van der Waals surface area contributed by atoms with Gasteiger partial charge in [-0.3, -0.25) is 9.36 Å². The van der Waals surface area contributed by atoms with Crippen LogP contribution in [0.4, 0.5) is 5.00 Å². The average molecular weight is 610 g/mol. The fourth-order valence-corrected chi connectivity index (χ4v) is 7.00. The van der Waals surface area contributed by atoms with E-state index in [0.29, 0.717) is 49.8 Å². The Bertz CT molecular complexity index is 1370. The summed E-state index contributed by atoms with van der Waals surface area (Å²) < 4.78 is 13.2. The lowest BCUT2D eigenvalue weighted by molar-refractivity contribution is -0.113. The number of hydrogen-bond donors (Lipinski definition) is 1. The zero-order chi connectivity index (χ0) is 28.1. The van der Waals surface area contributed by atoms with E-state index in [1.165, 1.54) is 23.1 Å². The van der Waals surface area contributed by atoms with E-state index in [9.17, 15) is 9.59 Å². The minimum absolute atomic E-state index is 0.0781. The number of hydrogen-bond acceptors (Lipinski definition) is 8. The molecule has 3 aromatic rings. The van der Waals surface area contributed by atoms with Crippen molar-refractivity contribution < 1.29 is 19.1 Å². The van der Waals surface area contributed by atoms with Gasteiger partial charge in [0.05, 0.1) is 22.9 Å². The maximum absolute atomic E-state index is 13.0. The molecule has 0 fully saturated rings. The fraction of sp³-hybridized carbons (Fsp3) is 0.407. The first kappa shape index (κ1) is 29.5. The number of carbonyl (C=O) groups is 2. The Morgan fingerprint density at radius 1 is 1.36 bits per heavy atom. The van der Waals surface area contributed by atoms with Gasteiger partial charge in [0.1, 0.15) is 10.8 Å². The Balaban J connectivity index is 1.47. The normalized spacial score (nSPS) is 15.4. The number of benzene rings is 1. The van der Waals surface area contributed by atoms with E-state index in [2.05, 4.69) is 29.0 Å². The molecule has 0 radical (unpaired) electrons. The molecule has 2 heterocycles. The molecule has 12 heteroatoms. The summed E-state index contributed by atoms with van der Waals surface area (Å²) in [6, 6.07) is 5.00. The highest BCUT2D eigenvalue weighted by Gasteiger charge is 2.29. The molecule has 1 aromatic carbocycles. The smallest absolute Gasteiger partial charge is 0.341 e. The number of anilines is 1. The molecular weight excluding hydrogens is 579 g/mol. The van der Waals surface area contributed by atoms with Crippen LogP contribution in [0, 0.1) is 5.92 Å². The number of nitrogens with zero attached hydrogens (tertiary/aromatic N) is 3. The number of aromatic nitrogens is 3. The number of halogens is 2. The molecule has 2 unspecified atom stereocenters. The fourth-order valence-electron chi connectivity index (χ4n) is 4.37. The molecule has 8 nitrogen and oxygen atoms in total. The summed E-state index contributed by atoms with van der Waals surface area (Å²) in [4.78, 5) is 26.9. The minimum atomic E-state index is -0.480. The Morgan fingerprint density at radius 2 is 2.15 bits per heavy atom. The quantitative estimate of drug-likeness (QED) is 0.142. The van der Waals surface area contributed by atoms with Crippen LogP contribution in [0.1, 0.15) is 59.9 Å². The van der Waals surface area contributed by atoms with Gasteiger partial charge in [-0.2, -0.15) is 0 Å². The third-order valence-electron chi connectivity index (χ3n) is 6.19. The van der Waals surface area contributed by atoms with Crippen molar-refractivity contribution in [2.24, 2.45) is 5.92 Å². The second kappa shape index (κ2) is 13.2. The lowest BCUT2D eigenvalue weighted by Crippen LogP contribution is -2.18. The van der Waals surface area contributed by atoms with Crippen molar-refractivity contribution in [3.05, 3.63) is 62.7 Å². The summed E-state index contributed by atoms with van der Waals surface area (Å²) in [5.41, 5.74) is 1.50. The molecule has 0 aliphatic heterocycles. The number of allylic oxidation sites excluding steroid dienone is 1. The van der Waals surface area contributed by atoms with Crippen molar-refractivity contribution in [1.29, 1.82) is 0 Å². The van der Waals surface area contributed by atoms with Crippen LogP contribution in [0.3, 0.4) is 0 Å². The summed E-state index contributed by atoms with van der Waals surface area (Å²) >= 11 is 15.0. The number of rotatable bonds is 11. The zero-order valence-corrected chi connectivity index (χ0v) is 25.1. The molecule has 208 valence electrons. The number of thiophene rings is 1. The van der Waals surface area contributed by atoms with Gasteiger partial charge in [-0.25, -0.2) is 4.79 Å². The maximum atomic E-state index is 13.0. The van der Waals surface area contributed by atoms with Crippen molar-refractivity contribution in [3.63, 3.8) is 0 Å². The van der Waals surface area contributed by atoms with E-state index in [4.69, 9.17) is 32.7 Å². The summed E-state index contributed by atoms with van der Waals surface area (Å²) in [5, 5.41) is 13.5. The van der Waals surface area contributed by atoms with Crippen LogP contribution in [0.5, 0.6) is 5.75 Å². The van der Waals surface area contributed by atoms with Crippen LogP contribution in [0.2, 0.25) is 10.0 Å². The minimum Gasteiger partial charge on any atom is -0.481 e. The lowest BCUT2D eigenvalue weighted by Gasteiger charge is -2.18. The van der Waals surface area contributed by atoms with Gasteiger partial charge in [-0.1, -0.05) is 48.0 Å². The predicted octanol–water partition coefficient (Wildman–Crippen LogP) is 7.00. The van der Waals surface area contributed by atoms with Crippen LogP contribution >= 0.6 is 46.3 Å². The first-order chi connectivity index (χ1) is 18.7. The van der Waals surface area contributed by atoms with Crippen LogP contribution < -0.4 is 10.1 Å². The van der Waals surface area contributed by atoms with Gasteiger partial charge in [0, 0.05) is 16.4 Å². The van der Waals surface area contributed by atoms with Gasteiger partial charge in [0.25, 0.3) is 0 Å². The Morgan fingerprint density at radius 3 is 2.87 bits per heavy atom. The second-order valence-corrected chi connectivity index (χ2v) is 12.1. The lowest BCUT2D eigenvalue weighted by atomic mass is 9.88. The van der Waals surface area contributed by atoms with E-state index in [1.807, 2.05) is 11.5 Å². The first-order valence-corrected chi connectivity index (χ1v) is 15.2. The molecular formula is C27H30Cl2N4O4S2. The van der Waals surface area contributed by atoms with Gasteiger partial charge < -0.3 is 14.8 Å². The topological polar surface area (TPSA) is 95.3 Å². The number of carbonyl (C=O) groups excluding carboxylic acids is 2. The van der Waals surface area contributed by atoms with Crippen molar-refractivity contribution in [2.45, 2.75) is 57.8 Å². The molecule has 2 aromatic heterocycles. The largest absolute Gasteiger partial charge is 0.481 e. The Labute approximate surface area is 246 Å². The Kier molecular flexibility index (Phi) is 9.98. The van der Waals surface area contributed by atoms with Gasteiger partial charge in [-0.15, -0.1) is 28.1 Å². The first-order valence-electron chi connectivity index (χ1n) is 12.6. The van der Waals surface area contributed by atoms with Crippen LogP contribution in [0.25, 0.3) is 0 Å². The van der Waals surface area contributed by atoms with Crippen molar-refractivity contribution >= 4 is 63.2 Å². The molecule has 0 saturated heterocycles. The zero-order valence-electron chi connectivity index (χ0n) is 22.0. The summed E-state index contributed by atoms with van der Waals surface area (Å²) in [6.45, 7) is 10.3. The molecule has 0 spiro atoms. The highest BCUT2D eigenvalue weighted by Crippen LogP contribution is 2.40. The standard InChI is InChI=1S/C27H30Cl2N4O4S2/c1-5-11-33-24(16(4)37-20-10-8-17(28)13-19(20)29)31-32-27(33)38-14-22(34)30-25-23(26(35)36-6-2)18-9-7-15(3)12-21(18)39-25/h5,8,10,13,15-16H,1,6-7,9,11-12,14H2,2-4H3,(H,30,34). The molecule has 1 N–H and O–H groups in total. The molecule has 0 bridgehead atoms. The predicted molar refractivity (Wildman–Crippen MR) is 157 cm³/mol. The third-order valence-corrected chi connectivity index (χ3v) is 8.86. The molecule has 39 heavy (non-hydrogen) atoms. The van der Waals surface area contributed by atoms with Gasteiger partial charge in [-0.05, 0) is 62.8 Å². The maximum Gasteiger partial charge on any atom is 0.341 e. The molecule has 1 aliphatic carbocycles. The summed E-state index contributed by atoms with van der Waals surface area (Å²) in [5.74, 6) is 1.02. The van der Waals surface area contributed by atoms with E-state index in [0.717, 1.165) is 29.7 Å². The summed E-state index contributed by atoms with van der Waals surface area (Å²) in [7, 11) is 0. The molecule has 1 aliphatic rings. The van der Waals surface area contributed by atoms with Crippen LogP contribution in [0.15, 0.2) is 36.0 Å². The van der Waals surface area contributed by atoms with Crippen LogP contribution in [-0.2, 0) is 28.9 Å². The number of nitrogens with one attached hydrogen (secondary N) is 1. The monoisotopic (exact) mass is 608 g/mol. The second-order valence-electron chi connectivity index (χ2n) is 9.19. The molecule has 1 amide bonds. The van der Waals surface area contributed by atoms with Crippen molar-refractivity contribution in [1.82, 2.24) is 14.8 Å². The van der Waals surface area contributed by atoms with E-state index < -0.39 is 12.1 Å². The molecule has 2 atom stereocenters. The third kappa shape index (κ3) is 6.98. The van der Waals surface area contributed by atoms with E-state index >= 15 is 0 Å². The van der Waals surface area contributed by atoms with E-state index in [1.54, 1.807) is 31.2 Å². The highest BCUT2D eigenvalue weighted by molar-refractivity contribution is 7.99. The van der Waals surface area contributed by atoms with Crippen molar-refractivity contribution in [2.75, 3.05) is 17.7 Å². The molecule has 4 rings (SSSR count). The number of amides is 1. The number of thioether (sulfide) groups is 1.